The van der Waals surface area contributed by atoms with Gasteiger partial charge in [-0.15, -0.1) is 0 Å². The van der Waals surface area contributed by atoms with E-state index in [1.54, 1.807) is 9.36 Å². The first-order valence-corrected chi connectivity index (χ1v) is 12.2. The van der Waals surface area contributed by atoms with Crippen molar-refractivity contribution in [2.45, 2.75) is 66.2 Å². The monoisotopic (exact) mass is 484 g/mol. The van der Waals surface area contributed by atoms with E-state index >= 15 is 0 Å². The van der Waals surface area contributed by atoms with E-state index in [-0.39, 0.29) is 16.9 Å². The highest BCUT2D eigenvalue weighted by Gasteiger charge is 2.24. The number of hydrogen-bond donors (Lipinski definition) is 2. The van der Waals surface area contributed by atoms with Crippen molar-refractivity contribution < 1.29 is 4.79 Å². The minimum Gasteiger partial charge on any atom is -0.292 e. The molecule has 36 heavy (non-hydrogen) atoms. The topological polar surface area (TPSA) is 76.8 Å². The van der Waals surface area contributed by atoms with Gasteiger partial charge in [-0.2, -0.15) is 10.2 Å². The number of hydrogen-bond acceptors (Lipinski definition) is 3. The molecule has 0 saturated heterocycles. The highest BCUT2D eigenvalue weighted by atomic mass is 16.2. The summed E-state index contributed by atoms with van der Waals surface area (Å²) in [7, 11) is 0. The van der Waals surface area contributed by atoms with Crippen molar-refractivity contribution in [1.29, 1.82) is 0 Å². The molecule has 0 fully saturated rings. The molecule has 7 nitrogen and oxygen atoms in total. The minimum absolute atomic E-state index is 0.172. The second kappa shape index (κ2) is 9.30. The summed E-state index contributed by atoms with van der Waals surface area (Å²) in [4.78, 5) is 13.3. The summed E-state index contributed by atoms with van der Waals surface area (Å²) in [5.41, 5.74) is 5.51. The standard InChI is InChI=1S/C29H36N6O/c1-19-9-13-21(14-10-19)34-25(17-23(32-34)28(3,4)5)30-27(36)31-26-18-24(29(6,7)8)33-35(26)22-15-11-20(2)12-16-22/h9-18H,1-8H3,(H2,30,31,36). The van der Waals surface area contributed by atoms with Crippen LogP contribution < -0.4 is 10.6 Å². The summed E-state index contributed by atoms with van der Waals surface area (Å²) in [6.07, 6.45) is 0. The molecular weight excluding hydrogens is 448 g/mol. The lowest BCUT2D eigenvalue weighted by molar-refractivity contribution is 0.262. The van der Waals surface area contributed by atoms with Gasteiger partial charge >= 0.3 is 6.03 Å². The van der Waals surface area contributed by atoms with Crippen molar-refractivity contribution >= 4 is 17.7 Å². The minimum atomic E-state index is -0.363. The third kappa shape index (κ3) is 5.51. The summed E-state index contributed by atoms with van der Waals surface area (Å²) in [5, 5.41) is 15.6. The van der Waals surface area contributed by atoms with Crippen LogP contribution in [-0.2, 0) is 10.8 Å². The van der Waals surface area contributed by atoms with Gasteiger partial charge in [0.2, 0.25) is 0 Å². The van der Waals surface area contributed by atoms with Gasteiger partial charge in [0, 0.05) is 23.0 Å². The first-order valence-electron chi connectivity index (χ1n) is 12.2. The van der Waals surface area contributed by atoms with Crippen LogP contribution in [0.4, 0.5) is 16.4 Å². The quantitative estimate of drug-likeness (QED) is 0.330. The third-order valence-corrected chi connectivity index (χ3v) is 6.00. The fraction of sp³-hybridized carbons (Fsp3) is 0.345. The fourth-order valence-electron chi connectivity index (χ4n) is 3.70. The molecule has 0 radical (unpaired) electrons. The van der Waals surface area contributed by atoms with Gasteiger partial charge in [0.1, 0.15) is 11.6 Å². The van der Waals surface area contributed by atoms with Crippen LogP contribution in [0.5, 0.6) is 0 Å². The predicted molar refractivity (Wildman–Crippen MR) is 147 cm³/mol. The van der Waals surface area contributed by atoms with E-state index in [9.17, 15) is 4.79 Å². The number of nitrogens with zero attached hydrogens (tertiary/aromatic N) is 4. The summed E-state index contributed by atoms with van der Waals surface area (Å²) >= 11 is 0. The zero-order valence-corrected chi connectivity index (χ0v) is 22.5. The van der Waals surface area contributed by atoms with E-state index in [0.717, 1.165) is 33.9 Å². The second-order valence-corrected chi connectivity index (χ2v) is 11.4. The summed E-state index contributed by atoms with van der Waals surface area (Å²) in [5.74, 6) is 1.19. The molecule has 0 spiro atoms. The molecule has 2 amide bonds. The lowest BCUT2D eigenvalue weighted by Gasteiger charge is -2.14. The molecule has 2 N–H and O–H groups in total. The van der Waals surface area contributed by atoms with Gasteiger partial charge < -0.3 is 0 Å². The predicted octanol–water partition coefficient (Wildman–Crippen LogP) is 6.91. The van der Waals surface area contributed by atoms with E-state index in [0.29, 0.717) is 11.6 Å². The Kier molecular flexibility index (Phi) is 6.52. The Bertz CT molecular complexity index is 1260. The van der Waals surface area contributed by atoms with E-state index in [2.05, 4.69) is 52.2 Å². The Labute approximate surface area is 213 Å². The number of carbonyl (C=O) groups is 1. The number of rotatable bonds is 4. The molecule has 0 aliphatic heterocycles. The molecule has 2 aromatic heterocycles. The number of urea groups is 1. The molecule has 7 heteroatoms. The zero-order chi connectivity index (χ0) is 26.3. The Morgan fingerprint density at radius 2 is 0.972 bits per heavy atom. The number of aromatic nitrogens is 4. The van der Waals surface area contributed by atoms with Crippen molar-refractivity contribution in [3.8, 4) is 11.4 Å². The normalized spacial score (nSPS) is 12.0. The number of carbonyl (C=O) groups excluding carboxylic acids is 1. The van der Waals surface area contributed by atoms with Crippen LogP contribution >= 0.6 is 0 Å². The largest absolute Gasteiger partial charge is 0.326 e. The van der Waals surface area contributed by atoms with E-state index in [1.807, 2.05) is 74.5 Å². The van der Waals surface area contributed by atoms with Gasteiger partial charge in [0.25, 0.3) is 0 Å². The smallest absolute Gasteiger partial charge is 0.292 e. The summed E-state index contributed by atoms with van der Waals surface area (Å²) in [6, 6.07) is 19.6. The average Bonchev–Trinajstić information content (AvgIpc) is 3.39. The van der Waals surface area contributed by atoms with Crippen molar-refractivity contribution in [1.82, 2.24) is 19.6 Å². The number of anilines is 2. The Morgan fingerprint density at radius 3 is 1.28 bits per heavy atom. The third-order valence-electron chi connectivity index (χ3n) is 6.00. The molecule has 2 aromatic carbocycles. The molecule has 188 valence electrons. The summed E-state index contributed by atoms with van der Waals surface area (Å²) in [6.45, 7) is 16.7. The Morgan fingerprint density at radius 1 is 0.639 bits per heavy atom. The van der Waals surface area contributed by atoms with Gasteiger partial charge in [-0.1, -0.05) is 76.9 Å². The van der Waals surface area contributed by atoms with Gasteiger partial charge in [-0.3, -0.25) is 10.6 Å². The fourth-order valence-corrected chi connectivity index (χ4v) is 3.70. The lowest BCUT2D eigenvalue weighted by Crippen LogP contribution is -2.22. The molecule has 0 unspecified atom stereocenters. The molecule has 4 aromatic rings. The van der Waals surface area contributed by atoms with Crippen LogP contribution in [0.15, 0.2) is 60.7 Å². The average molecular weight is 485 g/mol. The molecular formula is C29H36N6O. The molecule has 0 saturated carbocycles. The van der Waals surface area contributed by atoms with Crippen LogP contribution in [-0.4, -0.2) is 25.6 Å². The lowest BCUT2D eigenvalue weighted by atomic mass is 9.92. The molecule has 0 aliphatic rings. The molecule has 0 atom stereocenters. The maximum atomic E-state index is 13.3. The van der Waals surface area contributed by atoms with Gasteiger partial charge in [0.15, 0.2) is 0 Å². The van der Waals surface area contributed by atoms with Crippen LogP contribution in [0, 0.1) is 13.8 Å². The first-order chi connectivity index (χ1) is 16.8. The number of nitrogens with one attached hydrogen (secondary N) is 2. The SMILES string of the molecule is Cc1ccc(-n2nc(C(C)(C)C)cc2NC(=O)Nc2cc(C(C)(C)C)nn2-c2ccc(C)cc2)cc1. The number of aryl methyl sites for hydroxylation is 2. The van der Waals surface area contributed by atoms with Gasteiger partial charge in [-0.05, 0) is 38.1 Å². The van der Waals surface area contributed by atoms with Gasteiger partial charge in [0.05, 0.1) is 22.8 Å². The van der Waals surface area contributed by atoms with Crippen LogP contribution in [0.1, 0.15) is 64.1 Å². The maximum Gasteiger partial charge on any atom is 0.326 e. The van der Waals surface area contributed by atoms with E-state index < -0.39 is 0 Å². The molecule has 0 bridgehead atoms. The Balaban J connectivity index is 1.67. The molecule has 0 aliphatic carbocycles. The van der Waals surface area contributed by atoms with E-state index in [4.69, 9.17) is 10.2 Å². The summed E-state index contributed by atoms with van der Waals surface area (Å²) < 4.78 is 3.55. The molecule has 4 rings (SSSR count). The van der Waals surface area contributed by atoms with Crippen LogP contribution in [0.25, 0.3) is 11.4 Å². The number of benzene rings is 2. The van der Waals surface area contributed by atoms with Crippen molar-refractivity contribution in [3.05, 3.63) is 83.2 Å². The van der Waals surface area contributed by atoms with Gasteiger partial charge in [-0.25, -0.2) is 14.2 Å². The first kappa shape index (κ1) is 25.2. The zero-order valence-electron chi connectivity index (χ0n) is 22.5. The van der Waals surface area contributed by atoms with E-state index in [1.165, 1.54) is 0 Å². The van der Waals surface area contributed by atoms with Crippen molar-refractivity contribution in [3.63, 3.8) is 0 Å². The highest BCUT2D eigenvalue weighted by molar-refractivity contribution is 5.99. The van der Waals surface area contributed by atoms with Crippen molar-refractivity contribution in [2.75, 3.05) is 10.6 Å². The second-order valence-electron chi connectivity index (χ2n) is 11.4. The highest BCUT2D eigenvalue weighted by Crippen LogP contribution is 2.28. The van der Waals surface area contributed by atoms with Crippen LogP contribution in [0.2, 0.25) is 0 Å². The number of amides is 2. The van der Waals surface area contributed by atoms with Crippen LogP contribution in [0.3, 0.4) is 0 Å². The Hall–Kier alpha value is -3.87. The molecule has 2 heterocycles. The maximum absolute atomic E-state index is 13.3. The van der Waals surface area contributed by atoms with Crippen molar-refractivity contribution in [2.24, 2.45) is 0 Å².